The van der Waals surface area contributed by atoms with Gasteiger partial charge >= 0.3 is 0 Å². The van der Waals surface area contributed by atoms with Gasteiger partial charge in [0, 0.05) is 23.2 Å². The highest BCUT2D eigenvalue weighted by atomic mass is 79.9. The molecule has 2 aromatic carbocycles. The van der Waals surface area contributed by atoms with Gasteiger partial charge in [0.1, 0.15) is 0 Å². The number of nitro groups is 1. The number of amides is 1. The molecule has 0 bridgehead atoms. The number of para-hydroxylation sites is 1. The Bertz CT molecular complexity index is 1130. The van der Waals surface area contributed by atoms with Gasteiger partial charge in [-0.05, 0) is 41.1 Å². The van der Waals surface area contributed by atoms with Gasteiger partial charge in [-0.1, -0.05) is 23.9 Å². The summed E-state index contributed by atoms with van der Waals surface area (Å²) in [5.74, 6) is -0.279. The molecule has 0 unspecified atom stereocenters. The molecule has 28 heavy (non-hydrogen) atoms. The van der Waals surface area contributed by atoms with Crippen LogP contribution in [0.25, 0.3) is 10.9 Å². The highest BCUT2D eigenvalue weighted by Gasteiger charge is 2.14. The maximum absolute atomic E-state index is 12.6. The molecule has 1 N–H and O–H groups in total. The van der Waals surface area contributed by atoms with Crippen LogP contribution in [-0.2, 0) is 11.3 Å². The molecule has 1 amide bonds. The SMILES string of the molecule is CCn1c(SCC(=O)Nc2ccc([N+](=O)[O-])cc2Br)nc2ccccc2c1=O. The summed E-state index contributed by atoms with van der Waals surface area (Å²) in [4.78, 5) is 39.7. The predicted molar refractivity (Wildman–Crippen MR) is 112 cm³/mol. The van der Waals surface area contributed by atoms with Crippen molar-refractivity contribution in [3.8, 4) is 0 Å². The highest BCUT2D eigenvalue weighted by Crippen LogP contribution is 2.27. The second-order valence-electron chi connectivity index (χ2n) is 5.72. The predicted octanol–water partition coefficient (Wildman–Crippen LogP) is 3.82. The zero-order valence-electron chi connectivity index (χ0n) is 14.7. The summed E-state index contributed by atoms with van der Waals surface area (Å²) in [5, 5.41) is 14.5. The molecule has 3 aromatic rings. The van der Waals surface area contributed by atoms with E-state index in [0.717, 1.165) is 11.8 Å². The van der Waals surface area contributed by atoms with Gasteiger partial charge in [-0.25, -0.2) is 4.98 Å². The Hall–Kier alpha value is -2.72. The van der Waals surface area contributed by atoms with Crippen LogP contribution in [0.5, 0.6) is 0 Å². The minimum absolute atomic E-state index is 0.0359. The van der Waals surface area contributed by atoms with Crippen LogP contribution in [0.15, 0.2) is 56.9 Å². The quantitative estimate of drug-likeness (QED) is 0.258. The number of aromatic nitrogens is 2. The first kappa shape index (κ1) is 20.0. The van der Waals surface area contributed by atoms with E-state index >= 15 is 0 Å². The molecular formula is C18H15BrN4O4S. The number of benzene rings is 2. The number of halogens is 1. The fraction of sp³-hybridized carbons (Fsp3) is 0.167. The molecular weight excluding hydrogens is 448 g/mol. The van der Waals surface area contributed by atoms with Gasteiger partial charge in [0.25, 0.3) is 11.2 Å². The first-order valence-electron chi connectivity index (χ1n) is 8.27. The van der Waals surface area contributed by atoms with Crippen LogP contribution in [0.4, 0.5) is 11.4 Å². The van der Waals surface area contributed by atoms with Crippen molar-refractivity contribution in [3.63, 3.8) is 0 Å². The molecule has 0 aliphatic carbocycles. The third kappa shape index (κ3) is 4.23. The molecule has 1 heterocycles. The van der Waals surface area contributed by atoms with Crippen LogP contribution in [0.2, 0.25) is 0 Å². The van der Waals surface area contributed by atoms with E-state index in [1.54, 1.807) is 24.3 Å². The number of carbonyl (C=O) groups is 1. The number of rotatable bonds is 6. The van der Waals surface area contributed by atoms with Crippen molar-refractivity contribution in [1.29, 1.82) is 0 Å². The van der Waals surface area contributed by atoms with Crippen LogP contribution in [0.3, 0.4) is 0 Å². The molecule has 10 heteroatoms. The lowest BCUT2D eigenvalue weighted by molar-refractivity contribution is -0.384. The van der Waals surface area contributed by atoms with Crippen molar-refractivity contribution < 1.29 is 9.72 Å². The Morgan fingerprint density at radius 2 is 2.07 bits per heavy atom. The Kier molecular flexibility index (Phi) is 6.10. The largest absolute Gasteiger partial charge is 0.324 e. The van der Waals surface area contributed by atoms with E-state index in [4.69, 9.17) is 0 Å². The van der Waals surface area contributed by atoms with Gasteiger partial charge in [0.05, 0.1) is 27.3 Å². The number of anilines is 1. The molecule has 0 atom stereocenters. The molecule has 0 fully saturated rings. The van der Waals surface area contributed by atoms with Gasteiger partial charge in [-0.3, -0.25) is 24.3 Å². The number of nitrogens with one attached hydrogen (secondary N) is 1. The van der Waals surface area contributed by atoms with Crippen LogP contribution < -0.4 is 10.9 Å². The second kappa shape index (κ2) is 8.53. The number of nitro benzene ring substituents is 1. The van der Waals surface area contributed by atoms with Crippen molar-refractivity contribution >= 4 is 55.9 Å². The summed E-state index contributed by atoms with van der Waals surface area (Å²) in [6.45, 7) is 2.28. The summed E-state index contributed by atoms with van der Waals surface area (Å²) in [6, 6.07) is 11.2. The first-order chi connectivity index (χ1) is 13.4. The average Bonchev–Trinajstić information content (AvgIpc) is 2.68. The van der Waals surface area contributed by atoms with Crippen LogP contribution >= 0.6 is 27.7 Å². The summed E-state index contributed by atoms with van der Waals surface area (Å²) in [5.41, 5.74) is 0.787. The second-order valence-corrected chi connectivity index (χ2v) is 7.52. The molecule has 144 valence electrons. The van der Waals surface area contributed by atoms with E-state index in [2.05, 4.69) is 26.2 Å². The molecule has 0 aliphatic rings. The number of non-ortho nitro benzene ring substituents is 1. The zero-order valence-corrected chi connectivity index (χ0v) is 17.1. The smallest absolute Gasteiger partial charge is 0.270 e. The van der Waals surface area contributed by atoms with Crippen LogP contribution in [0.1, 0.15) is 6.92 Å². The summed E-state index contributed by atoms with van der Waals surface area (Å²) >= 11 is 4.37. The van der Waals surface area contributed by atoms with E-state index in [1.165, 1.54) is 22.8 Å². The molecule has 0 saturated carbocycles. The number of nitrogens with zero attached hydrogens (tertiary/aromatic N) is 3. The average molecular weight is 463 g/mol. The van der Waals surface area contributed by atoms with Gasteiger partial charge in [-0.15, -0.1) is 0 Å². The van der Waals surface area contributed by atoms with Gasteiger partial charge in [0.2, 0.25) is 5.91 Å². The number of hydrogen-bond acceptors (Lipinski definition) is 6. The fourth-order valence-electron chi connectivity index (χ4n) is 2.57. The number of hydrogen-bond donors (Lipinski definition) is 1. The van der Waals surface area contributed by atoms with Gasteiger partial charge in [-0.2, -0.15) is 0 Å². The fourth-order valence-corrected chi connectivity index (χ4v) is 3.90. The lowest BCUT2D eigenvalue weighted by Gasteiger charge is -2.11. The van der Waals surface area contributed by atoms with Crippen molar-refractivity contribution in [2.24, 2.45) is 0 Å². The zero-order chi connectivity index (χ0) is 20.3. The summed E-state index contributed by atoms with van der Waals surface area (Å²) in [6.07, 6.45) is 0. The van der Waals surface area contributed by atoms with Gasteiger partial charge in [0.15, 0.2) is 5.16 Å². The third-order valence-electron chi connectivity index (χ3n) is 3.91. The Morgan fingerprint density at radius 3 is 2.75 bits per heavy atom. The minimum Gasteiger partial charge on any atom is -0.324 e. The van der Waals surface area contributed by atoms with E-state index < -0.39 is 4.92 Å². The van der Waals surface area contributed by atoms with Crippen molar-refractivity contribution in [1.82, 2.24) is 9.55 Å². The first-order valence-corrected chi connectivity index (χ1v) is 10.0. The van der Waals surface area contributed by atoms with E-state index in [1.807, 2.05) is 6.92 Å². The normalized spacial score (nSPS) is 10.8. The maximum atomic E-state index is 12.6. The van der Waals surface area contributed by atoms with E-state index in [9.17, 15) is 19.7 Å². The standard InChI is InChI=1S/C18H15BrN4O4S/c1-2-22-17(25)12-5-3-4-6-14(12)21-18(22)28-10-16(24)20-15-8-7-11(23(26)27)9-13(15)19/h3-9H,2,10H2,1H3,(H,20,24). The number of thioether (sulfide) groups is 1. The van der Waals surface area contributed by atoms with Crippen molar-refractivity contribution in [2.45, 2.75) is 18.6 Å². The van der Waals surface area contributed by atoms with Crippen LogP contribution in [-0.4, -0.2) is 26.1 Å². The Morgan fingerprint density at radius 1 is 1.32 bits per heavy atom. The van der Waals surface area contributed by atoms with E-state index in [0.29, 0.717) is 32.8 Å². The summed E-state index contributed by atoms with van der Waals surface area (Å²) in [7, 11) is 0. The number of carbonyl (C=O) groups excluding carboxylic acids is 1. The Balaban J connectivity index is 1.76. The van der Waals surface area contributed by atoms with Crippen molar-refractivity contribution in [3.05, 3.63) is 67.4 Å². The molecule has 0 saturated heterocycles. The van der Waals surface area contributed by atoms with E-state index in [-0.39, 0.29) is 22.9 Å². The molecule has 0 spiro atoms. The molecule has 0 radical (unpaired) electrons. The topological polar surface area (TPSA) is 107 Å². The summed E-state index contributed by atoms with van der Waals surface area (Å²) < 4.78 is 1.94. The molecule has 0 aliphatic heterocycles. The Labute approximate surface area is 172 Å². The lowest BCUT2D eigenvalue weighted by atomic mass is 10.2. The van der Waals surface area contributed by atoms with Gasteiger partial charge < -0.3 is 5.32 Å². The van der Waals surface area contributed by atoms with Crippen molar-refractivity contribution in [2.75, 3.05) is 11.1 Å². The number of fused-ring (bicyclic) bond motifs is 1. The molecule has 3 rings (SSSR count). The monoisotopic (exact) mass is 462 g/mol. The van der Waals surface area contributed by atoms with Crippen LogP contribution in [0, 0.1) is 10.1 Å². The highest BCUT2D eigenvalue weighted by molar-refractivity contribution is 9.10. The lowest BCUT2D eigenvalue weighted by Crippen LogP contribution is -2.23. The third-order valence-corrected chi connectivity index (χ3v) is 5.55. The minimum atomic E-state index is -0.512. The molecule has 8 nitrogen and oxygen atoms in total. The maximum Gasteiger partial charge on any atom is 0.270 e. The molecule has 1 aromatic heterocycles.